The lowest BCUT2D eigenvalue weighted by Gasteiger charge is -2.43. The number of hydrogen-bond donors (Lipinski definition) is 4. The van der Waals surface area contributed by atoms with Gasteiger partial charge in [-0.1, -0.05) is 0 Å². The lowest BCUT2D eigenvalue weighted by Crippen LogP contribution is -2.48. The Labute approximate surface area is 214 Å². The quantitative estimate of drug-likeness (QED) is 0.441. The molecule has 2 aromatic carbocycles. The first-order chi connectivity index (χ1) is 17.6. The average molecular weight is 514 g/mol. The molecule has 11 heteroatoms. The Bertz CT molecular complexity index is 1150. The van der Waals surface area contributed by atoms with Crippen molar-refractivity contribution in [3.63, 3.8) is 0 Å². The molecule has 1 fully saturated rings. The molecule has 0 aromatic heterocycles. The van der Waals surface area contributed by atoms with Gasteiger partial charge in [0.15, 0.2) is 11.5 Å². The van der Waals surface area contributed by atoms with Crippen molar-refractivity contribution in [2.45, 2.75) is 38.3 Å². The van der Waals surface area contributed by atoms with Gasteiger partial charge in [0.05, 0.1) is 14.2 Å². The van der Waals surface area contributed by atoms with Crippen LogP contribution in [-0.2, 0) is 20.8 Å². The van der Waals surface area contributed by atoms with Crippen LogP contribution >= 0.6 is 0 Å². The second-order valence-electron chi connectivity index (χ2n) is 8.77. The van der Waals surface area contributed by atoms with Crippen molar-refractivity contribution < 1.29 is 38.9 Å². The number of anilines is 1. The van der Waals surface area contributed by atoms with Crippen molar-refractivity contribution in [1.29, 1.82) is 0 Å². The SMILES string of the molecule is COc1cc2c(cc1OC)C1CC(NC(=O)c3ccc(NC(C)=O)cc3)CCN1CC2.O=C(O)C(=O)O. The van der Waals surface area contributed by atoms with Crippen LogP contribution < -0.4 is 20.1 Å². The van der Waals surface area contributed by atoms with Crippen LogP contribution in [0.25, 0.3) is 0 Å². The van der Waals surface area contributed by atoms with E-state index < -0.39 is 11.9 Å². The van der Waals surface area contributed by atoms with E-state index in [1.807, 2.05) is 0 Å². The molecule has 198 valence electrons. The summed E-state index contributed by atoms with van der Waals surface area (Å²) in [5.41, 5.74) is 3.83. The molecule has 11 nitrogen and oxygen atoms in total. The highest BCUT2D eigenvalue weighted by Gasteiger charge is 2.35. The first-order valence-corrected chi connectivity index (χ1v) is 11.8. The number of nitrogens with one attached hydrogen (secondary N) is 2. The fourth-order valence-electron chi connectivity index (χ4n) is 4.64. The summed E-state index contributed by atoms with van der Waals surface area (Å²) in [6.07, 6.45) is 2.77. The van der Waals surface area contributed by atoms with Gasteiger partial charge < -0.3 is 30.3 Å². The normalized spacial score (nSPS) is 18.1. The standard InChI is InChI=1S/C24H29N3O4.C2H2O4/c1-15(28)25-18-6-4-16(5-7-18)24(29)26-19-9-11-27-10-8-17-12-22(30-2)23(31-3)14-20(17)21(27)13-19;3-1(4)2(5)6/h4-7,12,14,19,21H,8-11,13H2,1-3H3,(H,25,28)(H,26,29);(H,3,4)(H,5,6). The van der Waals surface area contributed by atoms with E-state index in [0.717, 1.165) is 43.9 Å². The molecule has 0 saturated carbocycles. The Hall–Kier alpha value is -4.12. The number of carbonyl (C=O) groups excluding carboxylic acids is 2. The molecular formula is C26H31N3O8. The third-order valence-corrected chi connectivity index (χ3v) is 6.37. The van der Waals surface area contributed by atoms with Crippen LogP contribution in [0.2, 0.25) is 0 Å². The molecule has 4 rings (SSSR count). The molecule has 37 heavy (non-hydrogen) atoms. The van der Waals surface area contributed by atoms with Crippen molar-refractivity contribution in [3.8, 4) is 11.5 Å². The molecule has 2 aromatic rings. The number of rotatable bonds is 5. The van der Waals surface area contributed by atoms with Gasteiger partial charge in [-0.15, -0.1) is 0 Å². The molecule has 0 bridgehead atoms. The Kier molecular flexibility index (Phi) is 9.07. The number of carboxylic acids is 2. The van der Waals surface area contributed by atoms with Gasteiger partial charge in [0, 0.05) is 43.3 Å². The Morgan fingerprint density at radius 1 is 0.946 bits per heavy atom. The van der Waals surface area contributed by atoms with E-state index in [-0.39, 0.29) is 23.9 Å². The van der Waals surface area contributed by atoms with Gasteiger partial charge in [0.1, 0.15) is 0 Å². The van der Waals surface area contributed by atoms with Crippen LogP contribution in [0.5, 0.6) is 11.5 Å². The van der Waals surface area contributed by atoms with Crippen molar-refractivity contribution in [2.75, 3.05) is 32.6 Å². The highest BCUT2D eigenvalue weighted by molar-refractivity contribution is 6.27. The highest BCUT2D eigenvalue weighted by atomic mass is 16.5. The third kappa shape index (κ3) is 6.98. The minimum atomic E-state index is -1.82. The highest BCUT2D eigenvalue weighted by Crippen LogP contribution is 2.41. The number of carbonyl (C=O) groups is 4. The number of methoxy groups -OCH3 is 2. The van der Waals surface area contributed by atoms with E-state index in [1.165, 1.54) is 18.1 Å². The summed E-state index contributed by atoms with van der Waals surface area (Å²) in [5, 5.41) is 20.7. The molecule has 2 unspecified atom stereocenters. The van der Waals surface area contributed by atoms with Crippen molar-refractivity contribution >= 4 is 29.4 Å². The minimum absolute atomic E-state index is 0.0869. The number of fused-ring (bicyclic) bond motifs is 3. The zero-order valence-corrected chi connectivity index (χ0v) is 20.9. The maximum absolute atomic E-state index is 12.8. The molecule has 2 atom stereocenters. The first-order valence-electron chi connectivity index (χ1n) is 11.8. The van der Waals surface area contributed by atoms with Crippen LogP contribution in [0.1, 0.15) is 47.3 Å². The molecule has 2 aliphatic rings. The monoisotopic (exact) mass is 513 g/mol. The van der Waals surface area contributed by atoms with Gasteiger partial charge in [-0.2, -0.15) is 0 Å². The number of carboxylic acid groups (broad SMARTS) is 2. The molecule has 4 N–H and O–H groups in total. The van der Waals surface area contributed by atoms with Gasteiger partial charge in [-0.3, -0.25) is 14.5 Å². The second-order valence-corrected chi connectivity index (χ2v) is 8.77. The number of nitrogens with zero attached hydrogens (tertiary/aromatic N) is 1. The Morgan fingerprint density at radius 3 is 2.14 bits per heavy atom. The average Bonchev–Trinajstić information content (AvgIpc) is 2.88. The van der Waals surface area contributed by atoms with E-state index in [4.69, 9.17) is 29.3 Å². The molecular weight excluding hydrogens is 482 g/mol. The Balaban J connectivity index is 0.000000568. The number of hydrogen-bond acceptors (Lipinski definition) is 7. The van der Waals surface area contributed by atoms with Gasteiger partial charge in [0.25, 0.3) is 5.91 Å². The van der Waals surface area contributed by atoms with E-state index in [1.54, 1.807) is 38.5 Å². The third-order valence-electron chi connectivity index (χ3n) is 6.37. The maximum atomic E-state index is 12.8. The molecule has 1 saturated heterocycles. The summed E-state index contributed by atoms with van der Waals surface area (Å²) in [6, 6.07) is 11.5. The number of amides is 2. The minimum Gasteiger partial charge on any atom is -0.493 e. The maximum Gasteiger partial charge on any atom is 0.414 e. The predicted octanol–water partition coefficient (Wildman–Crippen LogP) is 2.31. The van der Waals surface area contributed by atoms with Crippen LogP contribution in [0.3, 0.4) is 0 Å². The zero-order chi connectivity index (χ0) is 27.1. The van der Waals surface area contributed by atoms with E-state index in [2.05, 4.69) is 27.7 Å². The number of aliphatic carboxylic acids is 2. The first kappa shape index (κ1) is 27.5. The van der Waals surface area contributed by atoms with Gasteiger partial charge >= 0.3 is 11.9 Å². The Morgan fingerprint density at radius 2 is 1.57 bits per heavy atom. The summed E-state index contributed by atoms with van der Waals surface area (Å²) in [6.45, 7) is 3.42. The topological polar surface area (TPSA) is 154 Å². The zero-order valence-electron chi connectivity index (χ0n) is 20.9. The number of benzene rings is 2. The van der Waals surface area contributed by atoms with Crippen molar-refractivity contribution in [2.24, 2.45) is 0 Å². The summed E-state index contributed by atoms with van der Waals surface area (Å²) in [7, 11) is 3.32. The second kappa shape index (κ2) is 12.2. The predicted molar refractivity (Wildman–Crippen MR) is 134 cm³/mol. The summed E-state index contributed by atoms with van der Waals surface area (Å²) < 4.78 is 11.0. The molecule has 2 amide bonds. The van der Waals surface area contributed by atoms with Gasteiger partial charge in [0.2, 0.25) is 5.91 Å². The lowest BCUT2D eigenvalue weighted by molar-refractivity contribution is -0.159. The van der Waals surface area contributed by atoms with E-state index >= 15 is 0 Å². The summed E-state index contributed by atoms with van der Waals surface area (Å²) in [5.74, 6) is -2.36. The van der Waals surface area contributed by atoms with Crippen molar-refractivity contribution in [3.05, 3.63) is 53.1 Å². The van der Waals surface area contributed by atoms with Crippen molar-refractivity contribution in [1.82, 2.24) is 10.2 Å². The van der Waals surface area contributed by atoms with Crippen LogP contribution in [0, 0.1) is 0 Å². The van der Waals surface area contributed by atoms with Gasteiger partial charge in [-0.25, -0.2) is 9.59 Å². The molecule has 2 heterocycles. The fourth-order valence-corrected chi connectivity index (χ4v) is 4.64. The van der Waals surface area contributed by atoms with Crippen LogP contribution in [0.15, 0.2) is 36.4 Å². The van der Waals surface area contributed by atoms with E-state index in [9.17, 15) is 9.59 Å². The molecule has 0 aliphatic carbocycles. The van der Waals surface area contributed by atoms with Gasteiger partial charge in [-0.05, 0) is 66.8 Å². The number of piperidine rings is 1. The number of ether oxygens (including phenoxy) is 2. The van der Waals surface area contributed by atoms with Crippen LogP contribution in [-0.4, -0.2) is 72.2 Å². The summed E-state index contributed by atoms with van der Waals surface area (Å²) in [4.78, 5) is 44.7. The lowest BCUT2D eigenvalue weighted by atomic mass is 9.84. The van der Waals surface area contributed by atoms with E-state index in [0.29, 0.717) is 11.3 Å². The summed E-state index contributed by atoms with van der Waals surface area (Å²) >= 11 is 0. The molecule has 2 aliphatic heterocycles. The largest absolute Gasteiger partial charge is 0.493 e. The fraction of sp³-hybridized carbons (Fsp3) is 0.385. The van der Waals surface area contributed by atoms with Crippen LogP contribution in [0.4, 0.5) is 5.69 Å². The molecule has 0 radical (unpaired) electrons. The molecule has 0 spiro atoms. The smallest absolute Gasteiger partial charge is 0.414 e.